The van der Waals surface area contributed by atoms with Crippen molar-refractivity contribution in [2.24, 2.45) is 0 Å². The average Bonchev–Trinajstić information content (AvgIpc) is 3.43. The molecule has 6 nitrogen and oxygen atoms in total. The van der Waals surface area contributed by atoms with Gasteiger partial charge in [-0.05, 0) is 31.9 Å². The van der Waals surface area contributed by atoms with Crippen LogP contribution in [0.25, 0.3) is 5.65 Å². The quantitative estimate of drug-likeness (QED) is 0.725. The van der Waals surface area contributed by atoms with E-state index in [1.165, 1.54) is 30.6 Å². The SMILES string of the molecule is Cc1ncnc(N2CCN(c3ccc4nc(C5CC5)cn4c3)CC2)c1F. The zero-order chi connectivity index (χ0) is 17.7. The van der Waals surface area contributed by atoms with Crippen molar-refractivity contribution in [3.63, 3.8) is 0 Å². The number of imidazole rings is 1. The number of anilines is 2. The third-order valence-corrected chi connectivity index (χ3v) is 5.34. The first-order valence-corrected chi connectivity index (χ1v) is 9.15. The fourth-order valence-electron chi connectivity index (χ4n) is 3.60. The third-order valence-electron chi connectivity index (χ3n) is 5.34. The van der Waals surface area contributed by atoms with Gasteiger partial charge in [-0.1, -0.05) is 0 Å². The van der Waals surface area contributed by atoms with Crippen molar-refractivity contribution < 1.29 is 4.39 Å². The Kier molecular flexibility index (Phi) is 3.55. The van der Waals surface area contributed by atoms with Crippen LogP contribution in [-0.4, -0.2) is 45.5 Å². The van der Waals surface area contributed by atoms with Gasteiger partial charge in [0, 0.05) is 44.5 Å². The van der Waals surface area contributed by atoms with Crippen LogP contribution in [0.15, 0.2) is 30.9 Å². The van der Waals surface area contributed by atoms with Gasteiger partial charge in [-0.3, -0.25) is 0 Å². The van der Waals surface area contributed by atoms with Gasteiger partial charge in [0.2, 0.25) is 0 Å². The molecule has 0 radical (unpaired) electrons. The lowest BCUT2D eigenvalue weighted by molar-refractivity contribution is 0.574. The summed E-state index contributed by atoms with van der Waals surface area (Å²) in [5, 5.41) is 0. The minimum Gasteiger partial charge on any atom is -0.367 e. The summed E-state index contributed by atoms with van der Waals surface area (Å²) in [5.41, 5.74) is 3.79. The molecule has 3 aromatic rings. The van der Waals surface area contributed by atoms with Gasteiger partial charge in [0.1, 0.15) is 12.0 Å². The topological polar surface area (TPSA) is 49.6 Å². The number of aromatic nitrogens is 4. The lowest BCUT2D eigenvalue weighted by atomic mass is 10.2. The number of halogens is 1. The number of piperazine rings is 1. The van der Waals surface area contributed by atoms with Crippen molar-refractivity contribution in [1.82, 2.24) is 19.4 Å². The van der Waals surface area contributed by atoms with Gasteiger partial charge >= 0.3 is 0 Å². The molecule has 26 heavy (non-hydrogen) atoms. The summed E-state index contributed by atoms with van der Waals surface area (Å²) < 4.78 is 16.4. The van der Waals surface area contributed by atoms with Gasteiger partial charge in [-0.15, -0.1) is 0 Å². The standard InChI is InChI=1S/C19H21FN6/c1-13-18(20)19(22-12-21-13)25-8-6-24(7-9-25)15-4-5-17-23-16(14-2-3-14)11-26(17)10-15/h4-5,10-12,14H,2-3,6-9H2,1H3. The predicted molar refractivity (Wildman–Crippen MR) is 98.3 cm³/mol. The van der Waals surface area contributed by atoms with E-state index in [-0.39, 0.29) is 5.82 Å². The smallest absolute Gasteiger partial charge is 0.186 e. The second-order valence-corrected chi connectivity index (χ2v) is 7.16. The van der Waals surface area contributed by atoms with E-state index in [1.807, 2.05) is 4.90 Å². The maximum absolute atomic E-state index is 14.3. The number of rotatable bonds is 3. The fraction of sp³-hybridized carbons (Fsp3) is 0.421. The normalized spacial score (nSPS) is 17.9. The van der Waals surface area contributed by atoms with E-state index in [1.54, 1.807) is 6.92 Å². The lowest BCUT2D eigenvalue weighted by Crippen LogP contribution is -2.47. The monoisotopic (exact) mass is 352 g/mol. The number of nitrogens with zero attached hydrogens (tertiary/aromatic N) is 6. The molecule has 0 N–H and O–H groups in total. The molecule has 0 aromatic carbocycles. The van der Waals surface area contributed by atoms with Crippen LogP contribution in [0.5, 0.6) is 0 Å². The Balaban J connectivity index is 1.33. The molecule has 3 aromatic heterocycles. The molecule has 2 aliphatic rings. The van der Waals surface area contributed by atoms with E-state index >= 15 is 0 Å². The Labute approximate surface area is 151 Å². The first-order chi connectivity index (χ1) is 12.7. The van der Waals surface area contributed by atoms with Crippen LogP contribution in [0.2, 0.25) is 0 Å². The molecule has 0 atom stereocenters. The van der Waals surface area contributed by atoms with Crippen molar-refractivity contribution in [2.45, 2.75) is 25.7 Å². The highest BCUT2D eigenvalue weighted by Crippen LogP contribution is 2.39. The minimum absolute atomic E-state index is 0.312. The molecular weight excluding hydrogens is 331 g/mol. The summed E-state index contributed by atoms with van der Waals surface area (Å²) in [6, 6.07) is 4.21. The van der Waals surface area contributed by atoms with E-state index < -0.39 is 0 Å². The van der Waals surface area contributed by atoms with E-state index in [9.17, 15) is 4.39 Å². The van der Waals surface area contributed by atoms with Gasteiger partial charge in [-0.2, -0.15) is 0 Å². The summed E-state index contributed by atoms with van der Waals surface area (Å²) in [5.74, 6) is 0.762. The Morgan fingerprint density at radius 1 is 1.00 bits per heavy atom. The van der Waals surface area contributed by atoms with E-state index in [0.717, 1.165) is 31.8 Å². The predicted octanol–water partition coefficient (Wildman–Crippen LogP) is 2.78. The lowest BCUT2D eigenvalue weighted by Gasteiger charge is -2.36. The molecule has 7 heteroatoms. The van der Waals surface area contributed by atoms with E-state index in [2.05, 4.69) is 43.8 Å². The molecule has 0 bridgehead atoms. The van der Waals surface area contributed by atoms with Crippen LogP contribution in [0, 0.1) is 12.7 Å². The van der Waals surface area contributed by atoms with E-state index in [4.69, 9.17) is 4.98 Å². The van der Waals surface area contributed by atoms with Crippen molar-refractivity contribution in [1.29, 1.82) is 0 Å². The summed E-state index contributed by atoms with van der Waals surface area (Å²) in [4.78, 5) is 17.1. The maximum Gasteiger partial charge on any atom is 0.186 e. The van der Waals surface area contributed by atoms with Gasteiger partial charge in [-0.25, -0.2) is 19.3 Å². The van der Waals surface area contributed by atoms with Crippen molar-refractivity contribution in [3.05, 3.63) is 48.1 Å². The Bertz CT molecular complexity index is 956. The Morgan fingerprint density at radius 2 is 1.77 bits per heavy atom. The number of hydrogen-bond donors (Lipinski definition) is 0. The molecule has 1 aliphatic carbocycles. The van der Waals surface area contributed by atoms with Crippen LogP contribution in [0.4, 0.5) is 15.9 Å². The highest BCUT2D eigenvalue weighted by atomic mass is 19.1. The maximum atomic E-state index is 14.3. The molecule has 1 aliphatic heterocycles. The average molecular weight is 352 g/mol. The Morgan fingerprint density at radius 3 is 2.54 bits per heavy atom. The molecule has 4 heterocycles. The molecular formula is C19H21FN6. The molecule has 5 rings (SSSR count). The minimum atomic E-state index is -0.312. The molecule has 0 unspecified atom stereocenters. The van der Waals surface area contributed by atoms with Gasteiger partial charge in [0.25, 0.3) is 0 Å². The Hall–Kier alpha value is -2.70. The summed E-state index contributed by atoms with van der Waals surface area (Å²) in [6.45, 7) is 4.81. The summed E-state index contributed by atoms with van der Waals surface area (Å²) >= 11 is 0. The highest BCUT2D eigenvalue weighted by Gasteiger charge is 2.26. The van der Waals surface area contributed by atoms with Crippen LogP contribution in [-0.2, 0) is 0 Å². The van der Waals surface area contributed by atoms with Crippen molar-refractivity contribution >= 4 is 17.2 Å². The fourth-order valence-corrected chi connectivity index (χ4v) is 3.60. The summed E-state index contributed by atoms with van der Waals surface area (Å²) in [7, 11) is 0. The third kappa shape index (κ3) is 2.67. The molecule has 2 fully saturated rings. The van der Waals surface area contributed by atoms with Crippen LogP contribution in [0.3, 0.4) is 0 Å². The van der Waals surface area contributed by atoms with Gasteiger partial charge in [0.05, 0.1) is 17.1 Å². The number of hydrogen-bond acceptors (Lipinski definition) is 5. The zero-order valence-corrected chi connectivity index (χ0v) is 14.8. The molecule has 1 saturated heterocycles. The highest BCUT2D eigenvalue weighted by molar-refractivity contribution is 5.54. The van der Waals surface area contributed by atoms with Gasteiger partial charge in [0.15, 0.2) is 11.6 Å². The van der Waals surface area contributed by atoms with Crippen LogP contribution >= 0.6 is 0 Å². The second kappa shape index (κ2) is 5.93. The van der Waals surface area contributed by atoms with Crippen molar-refractivity contribution in [2.75, 3.05) is 36.0 Å². The number of aryl methyl sites for hydroxylation is 1. The zero-order valence-electron chi connectivity index (χ0n) is 14.8. The van der Waals surface area contributed by atoms with Crippen molar-refractivity contribution in [3.8, 4) is 0 Å². The van der Waals surface area contributed by atoms with Gasteiger partial charge < -0.3 is 14.2 Å². The van der Waals surface area contributed by atoms with Crippen LogP contribution < -0.4 is 9.80 Å². The number of pyridine rings is 1. The largest absolute Gasteiger partial charge is 0.367 e. The summed E-state index contributed by atoms with van der Waals surface area (Å²) in [6.07, 6.45) is 8.27. The van der Waals surface area contributed by atoms with E-state index in [0.29, 0.717) is 17.4 Å². The number of fused-ring (bicyclic) bond motifs is 1. The molecule has 0 spiro atoms. The molecule has 0 amide bonds. The molecule has 134 valence electrons. The first-order valence-electron chi connectivity index (χ1n) is 9.15. The first kappa shape index (κ1) is 15.5. The van der Waals surface area contributed by atoms with Crippen LogP contribution in [0.1, 0.15) is 30.1 Å². The second-order valence-electron chi connectivity index (χ2n) is 7.16. The molecule has 1 saturated carbocycles.